The molecule has 0 saturated heterocycles. The Balaban J connectivity index is 2.72. The molecule has 0 aliphatic heterocycles. The van der Waals surface area contributed by atoms with Gasteiger partial charge in [-0.15, -0.1) is 0 Å². The molecule has 0 heterocycles. The van der Waals surface area contributed by atoms with Gasteiger partial charge in [-0.1, -0.05) is 45.1 Å². The van der Waals surface area contributed by atoms with Crippen molar-refractivity contribution in [3.8, 4) is 17.6 Å². The molecule has 0 atom stereocenters. The topological polar surface area (TPSA) is 80.6 Å². The zero-order chi connectivity index (χ0) is 20.1. The molecule has 1 rings (SSSR count). The molecule has 0 spiro atoms. The maximum absolute atomic E-state index is 12.2. The normalized spacial score (nSPS) is 11.2. The number of benzene rings is 1. The predicted molar refractivity (Wildman–Crippen MR) is 106 cm³/mol. The van der Waals surface area contributed by atoms with Gasteiger partial charge < -0.3 is 19.5 Å². The highest BCUT2D eigenvalue weighted by Gasteiger charge is 2.17. The van der Waals surface area contributed by atoms with Gasteiger partial charge in [0.05, 0.1) is 20.8 Å². The summed E-state index contributed by atoms with van der Waals surface area (Å²) in [6, 6.07) is 7.25. The molecule has 1 aromatic rings. The second-order valence-electron chi connectivity index (χ2n) is 6.18. The number of para-hydroxylation sites is 1. The number of esters is 1. The monoisotopic (exact) mass is 374 g/mol. The van der Waals surface area contributed by atoms with E-state index in [1.165, 1.54) is 19.3 Å². The van der Waals surface area contributed by atoms with Gasteiger partial charge in [-0.05, 0) is 25.5 Å². The molecule has 0 bridgehead atoms. The van der Waals surface area contributed by atoms with E-state index >= 15 is 0 Å². The lowest BCUT2D eigenvalue weighted by Gasteiger charge is -2.16. The fourth-order valence-electron chi connectivity index (χ4n) is 2.63. The van der Waals surface area contributed by atoms with Crippen LogP contribution < -0.4 is 14.8 Å². The number of rotatable bonds is 12. The second-order valence-corrected chi connectivity index (χ2v) is 6.18. The first-order valence-electron chi connectivity index (χ1n) is 9.35. The Morgan fingerprint density at radius 2 is 1.67 bits per heavy atom. The van der Waals surface area contributed by atoms with Crippen molar-refractivity contribution in [1.82, 2.24) is 0 Å². The summed E-state index contributed by atoms with van der Waals surface area (Å²) in [7, 11) is 3.08. The minimum Gasteiger partial charge on any atom is -0.494 e. The zero-order valence-electron chi connectivity index (χ0n) is 16.8. The largest absolute Gasteiger partial charge is 0.494 e. The van der Waals surface area contributed by atoms with Gasteiger partial charge in [-0.3, -0.25) is 0 Å². The third-order valence-electron chi connectivity index (χ3n) is 4.16. The molecule has 0 aromatic heterocycles. The second kappa shape index (κ2) is 12.6. The van der Waals surface area contributed by atoms with Gasteiger partial charge >= 0.3 is 5.97 Å². The molecule has 0 unspecified atom stereocenters. The van der Waals surface area contributed by atoms with E-state index in [1.807, 2.05) is 6.07 Å². The van der Waals surface area contributed by atoms with Gasteiger partial charge in [-0.2, -0.15) is 5.26 Å². The number of carbonyl (C=O) groups excluding carboxylic acids is 1. The van der Waals surface area contributed by atoms with Crippen LogP contribution in [-0.2, 0) is 9.53 Å². The molecule has 0 saturated carbocycles. The molecule has 0 fully saturated rings. The smallest absolute Gasteiger partial charge is 0.350 e. The third kappa shape index (κ3) is 7.22. The first-order valence-corrected chi connectivity index (χ1v) is 9.35. The maximum Gasteiger partial charge on any atom is 0.350 e. The minimum absolute atomic E-state index is 0.0612. The van der Waals surface area contributed by atoms with Crippen LogP contribution in [0.2, 0.25) is 0 Å². The van der Waals surface area contributed by atoms with Crippen molar-refractivity contribution in [3.05, 3.63) is 29.5 Å². The number of nitriles is 1. The van der Waals surface area contributed by atoms with Gasteiger partial charge in [0.1, 0.15) is 23.3 Å². The molecule has 1 N–H and O–H groups in total. The van der Waals surface area contributed by atoms with Crippen LogP contribution in [0.4, 0.5) is 5.69 Å². The lowest BCUT2D eigenvalue weighted by Crippen LogP contribution is -2.13. The summed E-state index contributed by atoms with van der Waals surface area (Å²) in [6.45, 7) is 4.15. The highest BCUT2D eigenvalue weighted by Crippen LogP contribution is 2.35. The fourth-order valence-corrected chi connectivity index (χ4v) is 2.63. The lowest BCUT2D eigenvalue weighted by molar-refractivity contribution is -0.138. The summed E-state index contributed by atoms with van der Waals surface area (Å²) in [5, 5.41) is 12.4. The Hall–Kier alpha value is -2.68. The molecule has 27 heavy (non-hydrogen) atoms. The molecule has 0 amide bonds. The van der Waals surface area contributed by atoms with Gasteiger partial charge in [-0.25, -0.2) is 4.79 Å². The number of nitrogens with one attached hydrogen (secondary N) is 1. The predicted octanol–water partition coefficient (Wildman–Crippen LogP) is 4.82. The maximum atomic E-state index is 12.2. The number of hydrogen-bond acceptors (Lipinski definition) is 6. The van der Waals surface area contributed by atoms with Crippen LogP contribution in [-0.4, -0.2) is 26.8 Å². The van der Waals surface area contributed by atoms with Gasteiger partial charge in [0.25, 0.3) is 0 Å². The van der Waals surface area contributed by atoms with Crippen molar-refractivity contribution in [3.63, 3.8) is 0 Å². The number of methoxy groups -OCH3 is 2. The molecular weight excluding hydrogens is 344 g/mol. The summed E-state index contributed by atoms with van der Waals surface area (Å²) in [5.74, 6) is 0.475. The van der Waals surface area contributed by atoms with Crippen LogP contribution in [0.3, 0.4) is 0 Å². The number of ether oxygens (including phenoxy) is 3. The van der Waals surface area contributed by atoms with E-state index in [4.69, 9.17) is 14.2 Å². The Bertz CT molecular complexity index is 655. The van der Waals surface area contributed by atoms with Crippen molar-refractivity contribution in [2.24, 2.45) is 0 Å². The molecule has 6 heteroatoms. The van der Waals surface area contributed by atoms with Crippen molar-refractivity contribution >= 4 is 11.7 Å². The molecule has 0 aliphatic rings. The van der Waals surface area contributed by atoms with Crippen LogP contribution >= 0.6 is 0 Å². The van der Waals surface area contributed by atoms with Crippen molar-refractivity contribution < 1.29 is 19.0 Å². The van der Waals surface area contributed by atoms with Crippen molar-refractivity contribution in [1.29, 1.82) is 5.26 Å². The van der Waals surface area contributed by atoms with Crippen LogP contribution in [0.15, 0.2) is 29.5 Å². The third-order valence-corrected chi connectivity index (χ3v) is 4.16. The van der Waals surface area contributed by atoms with Crippen LogP contribution in [0.5, 0.6) is 11.5 Å². The number of unbranched alkanes of at least 4 members (excludes halogenated alkanes) is 5. The van der Waals surface area contributed by atoms with E-state index < -0.39 is 5.97 Å². The van der Waals surface area contributed by atoms with Gasteiger partial charge in [0.2, 0.25) is 0 Å². The summed E-state index contributed by atoms with van der Waals surface area (Å²) < 4.78 is 15.9. The average molecular weight is 374 g/mol. The van der Waals surface area contributed by atoms with Gasteiger partial charge in [0.15, 0.2) is 5.57 Å². The Morgan fingerprint density at radius 3 is 2.22 bits per heavy atom. The van der Waals surface area contributed by atoms with Crippen molar-refractivity contribution in [2.45, 2.75) is 52.4 Å². The highest BCUT2D eigenvalue weighted by molar-refractivity contribution is 5.94. The number of allylic oxidation sites excluding steroid dienone is 1. The van der Waals surface area contributed by atoms with E-state index in [-0.39, 0.29) is 5.57 Å². The van der Waals surface area contributed by atoms with Crippen LogP contribution in [0, 0.1) is 11.3 Å². The zero-order valence-corrected chi connectivity index (χ0v) is 16.8. The molecule has 148 valence electrons. The molecule has 1 aromatic carbocycles. The Kier molecular flexibility index (Phi) is 10.5. The lowest BCUT2D eigenvalue weighted by atomic mass is 10.1. The van der Waals surface area contributed by atoms with E-state index in [1.54, 1.807) is 39.3 Å². The standard InChI is InChI=1S/C21H30N2O4/c1-5-6-7-8-9-10-14-27-21(24)17(15-22)16(2)23-20-18(25-3)12-11-13-19(20)26-4/h11-13,23H,5-10,14H2,1-4H3/b17-16-. The highest BCUT2D eigenvalue weighted by atomic mass is 16.5. The first kappa shape index (κ1) is 22.4. The summed E-state index contributed by atoms with van der Waals surface area (Å²) in [5.41, 5.74) is 0.874. The number of hydrogen-bond donors (Lipinski definition) is 1. The number of anilines is 1. The summed E-state index contributed by atoms with van der Waals surface area (Å²) in [4.78, 5) is 12.2. The number of nitrogens with zero attached hydrogens (tertiary/aromatic N) is 1. The summed E-state index contributed by atoms with van der Waals surface area (Å²) >= 11 is 0. The van der Waals surface area contributed by atoms with E-state index in [0.717, 1.165) is 19.3 Å². The van der Waals surface area contributed by atoms with E-state index in [2.05, 4.69) is 12.2 Å². The molecule has 0 radical (unpaired) electrons. The van der Waals surface area contributed by atoms with Gasteiger partial charge in [0, 0.05) is 5.70 Å². The van der Waals surface area contributed by atoms with Crippen LogP contribution in [0.1, 0.15) is 52.4 Å². The van der Waals surface area contributed by atoms with Crippen LogP contribution in [0.25, 0.3) is 0 Å². The van der Waals surface area contributed by atoms with E-state index in [0.29, 0.717) is 29.5 Å². The SMILES string of the molecule is CCCCCCCCOC(=O)/C(C#N)=C(/C)Nc1c(OC)cccc1OC. The Labute approximate surface area is 162 Å². The fraction of sp³-hybridized carbons (Fsp3) is 0.524. The number of carbonyl (C=O) groups is 1. The Morgan fingerprint density at radius 1 is 1.07 bits per heavy atom. The van der Waals surface area contributed by atoms with Crippen molar-refractivity contribution in [2.75, 3.05) is 26.1 Å². The first-order chi connectivity index (χ1) is 13.1. The molecule has 6 nitrogen and oxygen atoms in total. The minimum atomic E-state index is -0.620. The average Bonchev–Trinajstić information content (AvgIpc) is 2.68. The molecule has 0 aliphatic carbocycles. The summed E-state index contributed by atoms with van der Waals surface area (Å²) in [6.07, 6.45) is 6.61. The quantitative estimate of drug-likeness (QED) is 0.245. The van der Waals surface area contributed by atoms with E-state index in [9.17, 15) is 10.1 Å². The molecular formula is C21H30N2O4.